The molecule has 1 amide bonds. The molecule has 2 heterocycles. The van der Waals surface area contributed by atoms with Crippen molar-refractivity contribution in [3.63, 3.8) is 0 Å². The third kappa shape index (κ3) is 7.53. The van der Waals surface area contributed by atoms with Crippen molar-refractivity contribution in [1.82, 2.24) is 15.2 Å². The van der Waals surface area contributed by atoms with Crippen LogP contribution in [0.4, 0.5) is 9.18 Å². The number of hydrogen-bond donors (Lipinski definition) is 2. The van der Waals surface area contributed by atoms with E-state index in [-0.39, 0.29) is 48.5 Å². The predicted molar refractivity (Wildman–Crippen MR) is 126 cm³/mol. The van der Waals surface area contributed by atoms with E-state index >= 15 is 0 Å². The number of nitrogens with zero attached hydrogens (tertiary/aromatic N) is 3. The number of likely N-dealkylation sites (tertiary alicyclic amines) is 1. The second kappa shape index (κ2) is 12.3. The monoisotopic (exact) mass is 543 g/mol. The van der Waals surface area contributed by atoms with Gasteiger partial charge in [0.2, 0.25) is 5.88 Å². The Bertz CT molecular complexity index is 891. The van der Waals surface area contributed by atoms with Crippen LogP contribution in [-0.4, -0.2) is 47.7 Å². The van der Waals surface area contributed by atoms with Crippen LogP contribution >= 0.6 is 24.0 Å². The minimum absolute atomic E-state index is 0. The fourth-order valence-corrected chi connectivity index (χ4v) is 3.12. The number of halogens is 2. The van der Waals surface area contributed by atoms with Crippen LogP contribution in [0.15, 0.2) is 47.6 Å². The summed E-state index contributed by atoms with van der Waals surface area (Å²) in [6.45, 7) is 3.64. The van der Waals surface area contributed by atoms with Gasteiger partial charge in [0.25, 0.3) is 0 Å². The van der Waals surface area contributed by atoms with Crippen molar-refractivity contribution in [3.8, 4) is 11.6 Å². The molecule has 0 saturated carbocycles. The van der Waals surface area contributed by atoms with Crippen molar-refractivity contribution >= 4 is 36.0 Å². The van der Waals surface area contributed by atoms with E-state index in [2.05, 4.69) is 15.3 Å². The zero-order chi connectivity index (χ0) is 21.3. The fourth-order valence-electron chi connectivity index (χ4n) is 3.12. The number of ether oxygens (including phenoxy) is 2. The summed E-state index contributed by atoms with van der Waals surface area (Å²) in [5, 5.41) is 3.20. The van der Waals surface area contributed by atoms with E-state index in [1.54, 1.807) is 36.2 Å². The van der Waals surface area contributed by atoms with Crippen LogP contribution in [0.3, 0.4) is 0 Å². The molecule has 31 heavy (non-hydrogen) atoms. The van der Waals surface area contributed by atoms with Crippen LogP contribution < -0.4 is 15.8 Å². The van der Waals surface area contributed by atoms with E-state index < -0.39 is 0 Å². The molecule has 1 aromatic carbocycles. The third-order valence-electron chi connectivity index (χ3n) is 4.65. The van der Waals surface area contributed by atoms with E-state index in [1.165, 1.54) is 12.1 Å². The summed E-state index contributed by atoms with van der Waals surface area (Å²) in [5.41, 5.74) is 6.77. The van der Waals surface area contributed by atoms with Crippen LogP contribution in [0.2, 0.25) is 0 Å². The summed E-state index contributed by atoms with van der Waals surface area (Å²) >= 11 is 0. The van der Waals surface area contributed by atoms with Crippen molar-refractivity contribution in [3.05, 3.63) is 54.0 Å². The molecule has 168 valence electrons. The number of nitrogens with one attached hydrogen (secondary N) is 1. The van der Waals surface area contributed by atoms with E-state index in [1.807, 2.05) is 6.07 Å². The number of hydrogen-bond acceptors (Lipinski definition) is 5. The molecule has 0 bridgehead atoms. The molecule has 3 N–H and O–H groups in total. The molecule has 0 atom stereocenters. The van der Waals surface area contributed by atoms with Crippen LogP contribution in [0.5, 0.6) is 11.6 Å². The molecule has 0 aliphatic carbocycles. The first-order valence-electron chi connectivity index (χ1n) is 9.90. The summed E-state index contributed by atoms with van der Waals surface area (Å²) in [6.07, 6.45) is 2.84. The van der Waals surface area contributed by atoms with Crippen LogP contribution in [0.25, 0.3) is 0 Å². The smallest absolute Gasteiger partial charge is 0.409 e. The first-order valence-corrected chi connectivity index (χ1v) is 9.90. The lowest BCUT2D eigenvalue weighted by Gasteiger charge is -2.31. The molecule has 0 spiro atoms. The average Bonchev–Trinajstić information content (AvgIpc) is 2.74. The van der Waals surface area contributed by atoms with Gasteiger partial charge in [-0.3, -0.25) is 0 Å². The molecule has 1 aliphatic rings. The number of piperidine rings is 1. The van der Waals surface area contributed by atoms with Gasteiger partial charge < -0.3 is 25.4 Å². The number of nitrogens with two attached hydrogens (primary N) is 1. The summed E-state index contributed by atoms with van der Waals surface area (Å²) in [5.74, 6) is 0.636. The molecular formula is C21H27FIN5O3. The van der Waals surface area contributed by atoms with Gasteiger partial charge in [0, 0.05) is 37.0 Å². The molecule has 0 radical (unpaired) electrons. The highest BCUT2D eigenvalue weighted by Crippen LogP contribution is 2.24. The SMILES string of the molecule is CCOC(=O)N1CCC(NC(N)=NCc2cccnc2Oc2cccc(F)c2)CC1.I. The lowest BCUT2D eigenvalue weighted by atomic mass is 10.1. The number of pyridine rings is 1. The highest BCUT2D eigenvalue weighted by molar-refractivity contribution is 14.0. The van der Waals surface area contributed by atoms with Gasteiger partial charge in [0.15, 0.2) is 5.96 Å². The quantitative estimate of drug-likeness (QED) is 0.328. The average molecular weight is 543 g/mol. The summed E-state index contributed by atoms with van der Waals surface area (Å²) < 4.78 is 24.1. The Morgan fingerprint density at radius 3 is 2.81 bits per heavy atom. The van der Waals surface area contributed by atoms with Crippen molar-refractivity contribution in [1.29, 1.82) is 0 Å². The number of aliphatic imine (C=N–C) groups is 1. The zero-order valence-electron chi connectivity index (χ0n) is 17.3. The number of carbonyl (C=O) groups excluding carboxylic acids is 1. The van der Waals surface area contributed by atoms with Crippen molar-refractivity contribution in [2.24, 2.45) is 10.7 Å². The minimum atomic E-state index is -0.384. The molecule has 0 unspecified atom stereocenters. The van der Waals surface area contributed by atoms with Gasteiger partial charge in [-0.15, -0.1) is 24.0 Å². The maximum Gasteiger partial charge on any atom is 0.409 e. The number of guanidine groups is 1. The van der Waals surface area contributed by atoms with Gasteiger partial charge in [0.05, 0.1) is 13.2 Å². The number of aromatic nitrogens is 1. The van der Waals surface area contributed by atoms with Gasteiger partial charge in [-0.25, -0.2) is 19.2 Å². The van der Waals surface area contributed by atoms with Crippen molar-refractivity contribution in [2.45, 2.75) is 32.4 Å². The van der Waals surface area contributed by atoms with Crippen molar-refractivity contribution < 1.29 is 18.7 Å². The molecule has 1 aliphatic heterocycles. The zero-order valence-corrected chi connectivity index (χ0v) is 19.6. The molecule has 1 saturated heterocycles. The van der Waals surface area contributed by atoms with E-state index in [4.69, 9.17) is 15.2 Å². The Kier molecular flexibility index (Phi) is 9.76. The number of rotatable bonds is 6. The minimum Gasteiger partial charge on any atom is -0.450 e. The predicted octanol–water partition coefficient (Wildman–Crippen LogP) is 3.66. The van der Waals surface area contributed by atoms with Gasteiger partial charge in [-0.05, 0) is 38.0 Å². The highest BCUT2D eigenvalue weighted by Gasteiger charge is 2.23. The third-order valence-corrected chi connectivity index (χ3v) is 4.65. The number of amides is 1. The second-order valence-corrected chi connectivity index (χ2v) is 6.83. The van der Waals surface area contributed by atoms with E-state index in [9.17, 15) is 9.18 Å². The largest absolute Gasteiger partial charge is 0.450 e. The lowest BCUT2D eigenvalue weighted by Crippen LogP contribution is -2.48. The molecule has 8 nitrogen and oxygen atoms in total. The van der Waals surface area contributed by atoms with E-state index in [0.29, 0.717) is 37.3 Å². The first-order chi connectivity index (χ1) is 14.5. The maximum atomic E-state index is 13.4. The van der Waals surface area contributed by atoms with Gasteiger partial charge in [0.1, 0.15) is 11.6 Å². The molecule has 2 aromatic rings. The Hall–Kier alpha value is -2.63. The highest BCUT2D eigenvalue weighted by atomic mass is 127. The molecule has 1 fully saturated rings. The Balaban J connectivity index is 0.00000341. The number of benzene rings is 1. The number of carbonyl (C=O) groups is 1. The van der Waals surface area contributed by atoms with Crippen LogP contribution in [0.1, 0.15) is 25.3 Å². The molecule has 3 rings (SSSR count). The van der Waals surface area contributed by atoms with Crippen molar-refractivity contribution in [2.75, 3.05) is 19.7 Å². The fraction of sp³-hybridized carbons (Fsp3) is 0.381. The summed E-state index contributed by atoms with van der Waals surface area (Å²) in [4.78, 5) is 22.0. The molecular weight excluding hydrogens is 516 g/mol. The Morgan fingerprint density at radius 1 is 1.32 bits per heavy atom. The summed E-state index contributed by atoms with van der Waals surface area (Å²) in [6, 6.07) is 9.61. The van der Waals surface area contributed by atoms with Gasteiger partial charge >= 0.3 is 6.09 Å². The second-order valence-electron chi connectivity index (χ2n) is 6.83. The standard InChI is InChI=1S/C21H26FN5O3.HI/c1-2-29-21(28)27-11-8-17(9-12-27)26-20(23)25-14-15-5-4-10-24-19(15)30-18-7-3-6-16(22)13-18;/h3-7,10,13,17H,2,8-9,11-12,14H2,1H3,(H3,23,25,26);1H. The molecule has 10 heteroatoms. The summed E-state index contributed by atoms with van der Waals surface area (Å²) in [7, 11) is 0. The van der Waals surface area contributed by atoms with Crippen LogP contribution in [0, 0.1) is 5.82 Å². The normalized spacial score (nSPS) is 14.5. The molecule has 1 aromatic heterocycles. The van der Waals surface area contributed by atoms with Gasteiger partial charge in [-0.1, -0.05) is 12.1 Å². The first kappa shape index (κ1) is 24.6. The Morgan fingerprint density at radius 2 is 2.10 bits per heavy atom. The lowest BCUT2D eigenvalue weighted by molar-refractivity contribution is 0.0963. The van der Waals surface area contributed by atoms with Crippen LogP contribution in [-0.2, 0) is 11.3 Å². The Labute approximate surface area is 198 Å². The van der Waals surface area contributed by atoms with Gasteiger partial charge in [-0.2, -0.15) is 0 Å². The maximum absolute atomic E-state index is 13.4. The topological polar surface area (TPSA) is 102 Å². The van der Waals surface area contributed by atoms with E-state index in [0.717, 1.165) is 18.4 Å².